The van der Waals surface area contributed by atoms with Crippen LogP contribution in [-0.4, -0.2) is 73.2 Å². The van der Waals surface area contributed by atoms with Crippen LogP contribution in [-0.2, 0) is 27.2 Å². The number of Topliss-reactive ketones (excluding diaryl/α,β-unsaturated/α-hetero) is 1. The van der Waals surface area contributed by atoms with Gasteiger partial charge >= 0.3 is 0 Å². The summed E-state index contributed by atoms with van der Waals surface area (Å²) in [6.45, 7) is 4.89. The molecule has 2 saturated heterocycles. The number of pyridine rings is 3. The lowest BCUT2D eigenvalue weighted by Gasteiger charge is -2.31. The lowest BCUT2D eigenvalue weighted by molar-refractivity contribution is -0.101. The Kier molecular flexibility index (Phi) is 11.5. The number of benzene rings is 2. The minimum absolute atomic E-state index is 0.0705. The van der Waals surface area contributed by atoms with Gasteiger partial charge in [0.15, 0.2) is 17.3 Å². The van der Waals surface area contributed by atoms with Gasteiger partial charge < -0.3 is 34.0 Å². The molecule has 5 heterocycles. The van der Waals surface area contributed by atoms with Gasteiger partial charge in [-0.3, -0.25) is 14.6 Å². The van der Waals surface area contributed by atoms with E-state index < -0.39 is 22.4 Å². The lowest BCUT2D eigenvalue weighted by Crippen LogP contribution is -2.33. The number of nitrogens with zero attached hydrogens (tertiary/aromatic N) is 4. The molecule has 0 radical (unpaired) electrons. The van der Waals surface area contributed by atoms with Crippen molar-refractivity contribution in [3.05, 3.63) is 112 Å². The minimum atomic E-state index is -0.720. The number of carbonyl (C=O) groups is 1. The van der Waals surface area contributed by atoms with Crippen molar-refractivity contribution in [2.24, 2.45) is 5.41 Å². The molecule has 0 aliphatic carbocycles. The van der Waals surface area contributed by atoms with E-state index in [2.05, 4.69) is 16.0 Å². The normalized spacial score (nSPS) is 16.5. The van der Waals surface area contributed by atoms with Crippen molar-refractivity contribution in [3.63, 3.8) is 0 Å². The number of aromatic nitrogens is 3. The monoisotopic (exact) mass is 759 g/mol. The Morgan fingerprint density at radius 3 is 2.52 bits per heavy atom. The number of carbonyl (C=O) groups excluding carboxylic acids is 1. The Morgan fingerprint density at radius 1 is 0.964 bits per heavy atom. The van der Waals surface area contributed by atoms with Gasteiger partial charge in [0.25, 0.3) is 0 Å². The topological polar surface area (TPSA) is 161 Å². The molecule has 2 aliphatic heterocycles. The summed E-state index contributed by atoms with van der Waals surface area (Å²) in [7, 11) is 1.55. The second-order valence-corrected chi connectivity index (χ2v) is 14.1. The fourth-order valence-corrected chi connectivity index (χ4v) is 6.95. The summed E-state index contributed by atoms with van der Waals surface area (Å²) in [4.78, 5) is 36.5. The second kappa shape index (κ2) is 16.8. The van der Waals surface area contributed by atoms with Gasteiger partial charge in [-0.15, -0.1) is 0 Å². The molecule has 3 aromatic heterocycles. The molecule has 12 nitrogen and oxygen atoms in total. The Bertz CT molecular complexity index is 2330. The van der Waals surface area contributed by atoms with E-state index in [1.54, 1.807) is 66.7 Å². The largest absolute Gasteiger partial charge is 0.493 e. The molecular formula is C43H42FN5O7. The average Bonchev–Trinajstić information content (AvgIpc) is 3.22. The first-order valence-electron chi connectivity index (χ1n) is 18.4. The number of ketones is 1. The highest BCUT2D eigenvalue weighted by atomic mass is 19.1. The van der Waals surface area contributed by atoms with Crippen molar-refractivity contribution >= 4 is 11.6 Å². The maximum absolute atomic E-state index is 16.0. The zero-order valence-electron chi connectivity index (χ0n) is 31.3. The number of aryl methyl sites for hydroxylation is 1. The molecule has 7 rings (SSSR count). The molecule has 56 heavy (non-hydrogen) atoms. The van der Waals surface area contributed by atoms with Crippen molar-refractivity contribution in [1.82, 2.24) is 14.5 Å². The van der Waals surface area contributed by atoms with Crippen LogP contribution in [0.2, 0.25) is 0 Å². The van der Waals surface area contributed by atoms with Crippen molar-refractivity contribution in [3.8, 4) is 51.1 Å². The average molecular weight is 760 g/mol. The van der Waals surface area contributed by atoms with Gasteiger partial charge in [-0.1, -0.05) is 24.3 Å². The van der Waals surface area contributed by atoms with Crippen molar-refractivity contribution in [2.75, 3.05) is 52.5 Å². The van der Waals surface area contributed by atoms with Gasteiger partial charge in [0.1, 0.15) is 24.3 Å². The first-order valence-corrected chi connectivity index (χ1v) is 18.4. The summed E-state index contributed by atoms with van der Waals surface area (Å²) in [6, 6.07) is 17.7. The van der Waals surface area contributed by atoms with E-state index in [0.717, 1.165) is 11.1 Å². The van der Waals surface area contributed by atoms with Gasteiger partial charge in [-0.05, 0) is 66.8 Å². The second-order valence-electron chi connectivity index (χ2n) is 14.1. The van der Waals surface area contributed by atoms with Gasteiger partial charge in [0, 0.05) is 67.7 Å². The molecule has 2 fully saturated rings. The van der Waals surface area contributed by atoms with Gasteiger partial charge in [0.2, 0.25) is 5.43 Å². The maximum Gasteiger partial charge on any atom is 0.201 e. The molecule has 0 unspecified atom stereocenters. The maximum atomic E-state index is 16.0. The van der Waals surface area contributed by atoms with Crippen molar-refractivity contribution < 1.29 is 32.9 Å². The molecule has 2 N–H and O–H groups in total. The number of ether oxygens (including phenoxy) is 5. The third-order valence-electron chi connectivity index (χ3n) is 10.2. The summed E-state index contributed by atoms with van der Waals surface area (Å²) in [5.74, 6) is 0.0556. The highest BCUT2D eigenvalue weighted by molar-refractivity contribution is 5.98. The van der Waals surface area contributed by atoms with E-state index in [4.69, 9.17) is 29.4 Å². The molecule has 0 amide bonds. The van der Waals surface area contributed by atoms with Crippen molar-refractivity contribution in [1.29, 1.82) is 5.26 Å². The van der Waals surface area contributed by atoms with Gasteiger partial charge in [-0.25, -0.2) is 9.37 Å². The van der Waals surface area contributed by atoms with Crippen LogP contribution in [0.5, 0.6) is 11.5 Å². The number of nitriles is 1. The van der Waals surface area contributed by atoms with Crippen LogP contribution >= 0.6 is 0 Å². The summed E-state index contributed by atoms with van der Waals surface area (Å²) >= 11 is 0. The van der Waals surface area contributed by atoms with Crippen LogP contribution in [0, 0.1) is 29.5 Å². The third kappa shape index (κ3) is 8.48. The third-order valence-corrected chi connectivity index (χ3v) is 10.2. The van der Waals surface area contributed by atoms with Crippen LogP contribution in [0.15, 0.2) is 84.2 Å². The number of rotatable bonds is 12. The quantitative estimate of drug-likeness (QED) is 0.144. The predicted octanol–water partition coefficient (Wildman–Crippen LogP) is 6.22. The highest BCUT2D eigenvalue weighted by Crippen LogP contribution is 2.36. The predicted molar refractivity (Wildman–Crippen MR) is 207 cm³/mol. The Balaban J connectivity index is 1.13. The molecule has 288 valence electrons. The fraction of sp³-hybridized carbons (Fsp3) is 0.326. The van der Waals surface area contributed by atoms with Crippen LogP contribution in [0.3, 0.4) is 0 Å². The van der Waals surface area contributed by atoms with Crippen LogP contribution < -0.4 is 20.6 Å². The van der Waals surface area contributed by atoms with Crippen molar-refractivity contribution in [2.45, 2.75) is 38.8 Å². The molecule has 0 spiro atoms. The molecule has 5 aromatic rings. The van der Waals surface area contributed by atoms with E-state index >= 15 is 4.39 Å². The van der Waals surface area contributed by atoms with E-state index in [9.17, 15) is 14.9 Å². The first-order chi connectivity index (χ1) is 27.1. The molecular weight excluding hydrogens is 717 g/mol. The summed E-state index contributed by atoms with van der Waals surface area (Å²) in [5.41, 5.74) is 8.91. The Hall–Kier alpha value is -5.94. The van der Waals surface area contributed by atoms with Crippen LogP contribution in [0.4, 0.5) is 10.2 Å². The molecule has 13 heteroatoms. The zero-order chi connectivity index (χ0) is 39.2. The van der Waals surface area contributed by atoms with E-state index in [1.807, 2.05) is 19.1 Å². The standard InChI is InChI=1S/C43H42FN5O7/c1-27-3-7-37(47-19-27)34-21-49(26-43(25-45)9-11-53-12-10-43)22-35(41(34)51)38(50)16-28-4-6-32(36(44)15-28)33-17-30(20-48-42(33)46)29-5-8-39(40(18-29)52-2)56-24-31-23-54-13-14-55-31/h3-8,15,17-22,31H,9-14,16,23-24,26H2,1-2H3,(H2,46,48)/t31-/m1/s1. The number of nitrogen functional groups attached to an aromatic ring is 1. The molecule has 0 bridgehead atoms. The van der Waals surface area contributed by atoms with E-state index in [0.29, 0.717) is 86.4 Å². The highest BCUT2D eigenvalue weighted by Gasteiger charge is 2.33. The summed E-state index contributed by atoms with van der Waals surface area (Å²) in [5, 5.41) is 10.1. The summed E-state index contributed by atoms with van der Waals surface area (Å²) < 4.78 is 45.8. The van der Waals surface area contributed by atoms with E-state index in [-0.39, 0.29) is 41.6 Å². The zero-order valence-corrected chi connectivity index (χ0v) is 31.3. The lowest BCUT2D eigenvalue weighted by atomic mass is 9.81. The number of halogens is 1. The minimum Gasteiger partial charge on any atom is -0.493 e. The molecule has 2 aliphatic rings. The molecule has 2 aromatic carbocycles. The molecule has 0 saturated carbocycles. The number of anilines is 1. The summed E-state index contributed by atoms with van der Waals surface area (Å²) in [6.07, 6.45) is 7.02. The first kappa shape index (κ1) is 38.3. The van der Waals surface area contributed by atoms with Crippen LogP contribution in [0.1, 0.15) is 34.3 Å². The Labute approximate surface area is 323 Å². The van der Waals surface area contributed by atoms with Crippen LogP contribution in [0.25, 0.3) is 33.5 Å². The number of hydrogen-bond donors (Lipinski definition) is 1. The van der Waals surface area contributed by atoms with E-state index in [1.165, 1.54) is 12.3 Å². The fourth-order valence-electron chi connectivity index (χ4n) is 6.95. The number of nitrogens with two attached hydrogens (primary N) is 1. The Morgan fingerprint density at radius 2 is 1.80 bits per heavy atom. The smallest absolute Gasteiger partial charge is 0.201 e. The SMILES string of the molecule is COc1cc(-c2cnc(N)c(-c3ccc(CC(=O)c4cn(CC5(C#N)CCOCC5)cc(-c5ccc(C)cn5)c4=O)cc3F)c2)ccc1OC[C@H]1COCCO1. The van der Waals surface area contributed by atoms with Gasteiger partial charge in [0.05, 0.1) is 55.2 Å². The molecule has 1 atom stereocenters. The van der Waals surface area contributed by atoms with Gasteiger partial charge in [-0.2, -0.15) is 5.26 Å². The number of hydrogen-bond acceptors (Lipinski definition) is 11. The number of methoxy groups -OCH3 is 1.